The Morgan fingerprint density at radius 3 is 2.83 bits per heavy atom. The van der Waals surface area contributed by atoms with Crippen molar-refractivity contribution in [3.8, 4) is 5.75 Å². The maximum atomic E-state index is 10.8. The average molecular weight is 183 g/mol. The van der Waals surface area contributed by atoms with E-state index >= 15 is 0 Å². The number of hydrogen-bond acceptors (Lipinski definition) is 3. The van der Waals surface area contributed by atoms with Crippen LogP contribution in [0.3, 0.4) is 0 Å². The van der Waals surface area contributed by atoms with Gasteiger partial charge in [0.15, 0.2) is 5.75 Å². The van der Waals surface area contributed by atoms with Crippen LogP contribution in [0.1, 0.15) is 5.56 Å². The van der Waals surface area contributed by atoms with Gasteiger partial charge in [0.05, 0.1) is 6.21 Å². The van der Waals surface area contributed by atoms with Crippen molar-refractivity contribution in [3.05, 3.63) is 29.8 Å². The van der Waals surface area contributed by atoms with Crippen LogP contribution in [-0.2, 0) is 10.3 Å². The van der Waals surface area contributed by atoms with Gasteiger partial charge in [0.2, 0.25) is 0 Å². The van der Waals surface area contributed by atoms with E-state index in [0.717, 1.165) is 0 Å². The first-order valence-electron chi connectivity index (χ1n) is 3.26. The predicted molar refractivity (Wildman–Crippen MR) is 43.6 cm³/mol. The molecule has 0 N–H and O–H groups in total. The third-order valence-electron chi connectivity index (χ3n) is 1.43. The maximum absolute atomic E-state index is 10.8. The summed E-state index contributed by atoms with van der Waals surface area (Å²) in [5, 5.41) is 0. The maximum Gasteiger partial charge on any atom is 0.428 e. The standard InChI is InChI=1S/C7H5NO3S/c9-12(10)8-5-6-3-1-2-4-7(6)11-12/h1-5H. The molecule has 62 valence electrons. The summed E-state index contributed by atoms with van der Waals surface area (Å²) >= 11 is 0. The zero-order chi connectivity index (χ0) is 8.60. The summed E-state index contributed by atoms with van der Waals surface area (Å²) in [5.74, 6) is 0.326. The Morgan fingerprint density at radius 1 is 1.25 bits per heavy atom. The number of fused-ring (bicyclic) bond motifs is 1. The van der Waals surface area contributed by atoms with Crippen LogP contribution in [0, 0.1) is 0 Å². The lowest BCUT2D eigenvalue weighted by Gasteiger charge is -2.09. The molecule has 1 aromatic rings. The van der Waals surface area contributed by atoms with E-state index in [0.29, 0.717) is 11.3 Å². The summed E-state index contributed by atoms with van der Waals surface area (Å²) in [6.45, 7) is 0. The Morgan fingerprint density at radius 2 is 2.00 bits per heavy atom. The second-order valence-corrected chi connectivity index (χ2v) is 3.52. The van der Waals surface area contributed by atoms with Crippen LogP contribution in [-0.4, -0.2) is 14.6 Å². The lowest BCUT2D eigenvalue weighted by atomic mass is 10.2. The molecule has 4 nitrogen and oxygen atoms in total. The van der Waals surface area contributed by atoms with E-state index in [1.165, 1.54) is 6.21 Å². The van der Waals surface area contributed by atoms with Crippen LogP contribution in [0.15, 0.2) is 28.7 Å². The summed E-state index contributed by atoms with van der Waals surface area (Å²) < 4.78 is 29.4. The number of hydrogen-bond donors (Lipinski definition) is 0. The molecule has 5 heteroatoms. The third kappa shape index (κ3) is 1.18. The molecule has 0 spiro atoms. The summed E-state index contributed by atoms with van der Waals surface area (Å²) in [7, 11) is -3.73. The molecule has 2 rings (SSSR count). The average Bonchev–Trinajstić information content (AvgIpc) is 2.02. The van der Waals surface area contributed by atoms with Crippen molar-refractivity contribution < 1.29 is 12.6 Å². The van der Waals surface area contributed by atoms with Gasteiger partial charge in [-0.05, 0) is 12.1 Å². The van der Waals surface area contributed by atoms with Gasteiger partial charge in [-0.2, -0.15) is 8.42 Å². The van der Waals surface area contributed by atoms with E-state index in [1.54, 1.807) is 24.3 Å². The van der Waals surface area contributed by atoms with Crippen molar-refractivity contribution in [2.24, 2.45) is 4.40 Å². The molecule has 1 heterocycles. The summed E-state index contributed by atoms with van der Waals surface area (Å²) in [6.07, 6.45) is 1.27. The Balaban J connectivity index is 2.61. The monoisotopic (exact) mass is 183 g/mol. The molecular weight excluding hydrogens is 178 g/mol. The SMILES string of the molecule is O=S1(=O)N=Cc2ccccc2O1. The first-order chi connectivity index (χ1) is 5.67. The normalized spacial score (nSPS) is 18.0. The van der Waals surface area contributed by atoms with Gasteiger partial charge in [-0.25, -0.2) is 0 Å². The lowest BCUT2D eigenvalue weighted by Crippen LogP contribution is -2.11. The Bertz CT molecular complexity index is 436. The first kappa shape index (κ1) is 7.30. The minimum Gasteiger partial charge on any atom is -0.365 e. The minimum atomic E-state index is -3.73. The molecule has 0 saturated carbocycles. The molecule has 1 aliphatic heterocycles. The van der Waals surface area contributed by atoms with Gasteiger partial charge < -0.3 is 4.18 Å². The second kappa shape index (κ2) is 2.31. The van der Waals surface area contributed by atoms with E-state index in [-0.39, 0.29) is 0 Å². The van der Waals surface area contributed by atoms with Crippen LogP contribution in [0.2, 0.25) is 0 Å². The van der Waals surface area contributed by atoms with Gasteiger partial charge >= 0.3 is 10.3 Å². The van der Waals surface area contributed by atoms with Crippen LogP contribution in [0.4, 0.5) is 0 Å². The van der Waals surface area contributed by atoms with E-state index < -0.39 is 10.3 Å². The summed E-state index contributed by atoms with van der Waals surface area (Å²) in [4.78, 5) is 0. The zero-order valence-corrected chi connectivity index (χ0v) is 6.78. The predicted octanol–water partition coefficient (Wildman–Crippen LogP) is 0.743. The number of benzene rings is 1. The fourth-order valence-corrected chi connectivity index (χ4v) is 1.58. The number of nitrogens with zero attached hydrogens (tertiary/aromatic N) is 1. The van der Waals surface area contributed by atoms with Crippen LogP contribution >= 0.6 is 0 Å². The smallest absolute Gasteiger partial charge is 0.365 e. The highest BCUT2D eigenvalue weighted by Gasteiger charge is 2.16. The van der Waals surface area contributed by atoms with Gasteiger partial charge in [-0.3, -0.25) is 0 Å². The molecule has 0 aromatic heterocycles. The molecule has 0 atom stereocenters. The second-order valence-electron chi connectivity index (χ2n) is 2.28. The molecule has 12 heavy (non-hydrogen) atoms. The fraction of sp³-hybridized carbons (Fsp3) is 0. The van der Waals surface area contributed by atoms with Crippen molar-refractivity contribution in [1.82, 2.24) is 0 Å². The number of rotatable bonds is 0. The quantitative estimate of drug-likeness (QED) is 0.596. The molecular formula is C7H5NO3S. The van der Waals surface area contributed by atoms with Gasteiger partial charge in [0, 0.05) is 5.56 Å². The highest BCUT2D eigenvalue weighted by molar-refractivity contribution is 7.86. The highest BCUT2D eigenvalue weighted by atomic mass is 32.2. The molecule has 1 aliphatic rings. The van der Waals surface area contributed by atoms with Crippen molar-refractivity contribution >= 4 is 16.5 Å². The van der Waals surface area contributed by atoms with Crippen LogP contribution in [0.25, 0.3) is 0 Å². The topological polar surface area (TPSA) is 55.7 Å². The summed E-state index contributed by atoms with van der Waals surface area (Å²) in [5.41, 5.74) is 0.673. The lowest BCUT2D eigenvalue weighted by molar-refractivity contribution is 0.485. The Hall–Kier alpha value is -1.36. The molecule has 0 aliphatic carbocycles. The van der Waals surface area contributed by atoms with E-state index in [4.69, 9.17) is 0 Å². The van der Waals surface area contributed by atoms with E-state index in [9.17, 15) is 8.42 Å². The molecule has 0 radical (unpaired) electrons. The van der Waals surface area contributed by atoms with E-state index in [2.05, 4.69) is 8.58 Å². The van der Waals surface area contributed by atoms with Gasteiger partial charge in [-0.15, -0.1) is 4.40 Å². The largest absolute Gasteiger partial charge is 0.428 e. The van der Waals surface area contributed by atoms with Gasteiger partial charge in [0.25, 0.3) is 0 Å². The van der Waals surface area contributed by atoms with Crippen molar-refractivity contribution in [3.63, 3.8) is 0 Å². The van der Waals surface area contributed by atoms with Crippen LogP contribution < -0.4 is 4.18 Å². The van der Waals surface area contributed by atoms with E-state index in [1.807, 2.05) is 0 Å². The molecule has 0 unspecified atom stereocenters. The molecule has 0 bridgehead atoms. The van der Waals surface area contributed by atoms with Gasteiger partial charge in [0.1, 0.15) is 0 Å². The van der Waals surface area contributed by atoms with Crippen LogP contribution in [0.5, 0.6) is 5.75 Å². The molecule has 0 saturated heterocycles. The number of para-hydroxylation sites is 1. The third-order valence-corrected chi connectivity index (χ3v) is 2.19. The van der Waals surface area contributed by atoms with Crippen molar-refractivity contribution in [2.75, 3.05) is 0 Å². The Labute approximate surface area is 69.8 Å². The first-order valence-corrected chi connectivity index (χ1v) is 4.63. The minimum absolute atomic E-state index is 0.326. The van der Waals surface area contributed by atoms with Gasteiger partial charge in [-0.1, -0.05) is 12.1 Å². The molecule has 1 aromatic carbocycles. The summed E-state index contributed by atoms with van der Waals surface area (Å²) in [6, 6.07) is 6.80. The Kier molecular flexibility index (Phi) is 1.41. The molecule has 0 fully saturated rings. The fourth-order valence-electron chi connectivity index (χ4n) is 0.919. The molecule has 0 amide bonds. The highest BCUT2D eigenvalue weighted by Crippen LogP contribution is 2.21. The zero-order valence-electron chi connectivity index (χ0n) is 5.97. The van der Waals surface area contributed by atoms with Crippen molar-refractivity contribution in [1.29, 1.82) is 0 Å². The van der Waals surface area contributed by atoms with Crippen molar-refractivity contribution in [2.45, 2.75) is 0 Å².